The Morgan fingerprint density at radius 1 is 1.11 bits per heavy atom. The lowest BCUT2D eigenvalue weighted by atomic mass is 10.1. The Morgan fingerprint density at radius 3 is 2.54 bits per heavy atom. The van der Waals surface area contributed by atoms with Gasteiger partial charge in [-0.25, -0.2) is 4.98 Å². The summed E-state index contributed by atoms with van der Waals surface area (Å²) in [5, 5.41) is 9.32. The molecular weight excluding hydrogens is 386 g/mol. The maximum atomic E-state index is 5.45. The van der Waals surface area contributed by atoms with Crippen molar-refractivity contribution in [3.05, 3.63) is 67.8 Å². The van der Waals surface area contributed by atoms with Crippen LogP contribution in [0.1, 0.15) is 32.7 Å². The molecule has 0 aliphatic carbocycles. The van der Waals surface area contributed by atoms with E-state index < -0.39 is 0 Å². The Hall–Kier alpha value is -1.73. The highest BCUT2D eigenvalue weighted by molar-refractivity contribution is 7.11. The molecule has 1 N–H and O–H groups in total. The monoisotopic (exact) mass is 413 g/mol. The van der Waals surface area contributed by atoms with Crippen LogP contribution in [0.3, 0.4) is 0 Å². The summed E-state index contributed by atoms with van der Waals surface area (Å²) in [7, 11) is 0. The van der Waals surface area contributed by atoms with Gasteiger partial charge in [-0.3, -0.25) is 0 Å². The molecule has 2 aromatic heterocycles. The lowest BCUT2D eigenvalue weighted by Gasteiger charge is -2.29. The van der Waals surface area contributed by atoms with Gasteiger partial charge in [0.1, 0.15) is 5.01 Å². The van der Waals surface area contributed by atoms with Crippen LogP contribution in [0.4, 0.5) is 5.69 Å². The van der Waals surface area contributed by atoms with Crippen LogP contribution >= 0.6 is 22.7 Å². The van der Waals surface area contributed by atoms with E-state index in [0.717, 1.165) is 45.0 Å². The summed E-state index contributed by atoms with van der Waals surface area (Å²) in [5.74, 6) is 0. The third-order valence-corrected chi connectivity index (χ3v) is 7.15. The number of aryl methyl sites for hydroxylation is 2. The average Bonchev–Trinajstić information content (AvgIpc) is 3.36. The molecule has 1 saturated heterocycles. The van der Waals surface area contributed by atoms with Crippen molar-refractivity contribution in [2.45, 2.75) is 32.9 Å². The van der Waals surface area contributed by atoms with Crippen molar-refractivity contribution in [3.8, 4) is 0 Å². The highest BCUT2D eigenvalue weighted by atomic mass is 32.1. The van der Waals surface area contributed by atoms with Crippen molar-refractivity contribution in [1.82, 2.24) is 10.3 Å². The van der Waals surface area contributed by atoms with Gasteiger partial charge in [-0.05, 0) is 60.4 Å². The number of hydrogen-bond acceptors (Lipinski definition) is 6. The lowest BCUT2D eigenvalue weighted by Crippen LogP contribution is -2.36. The zero-order chi connectivity index (χ0) is 19.3. The van der Waals surface area contributed by atoms with E-state index >= 15 is 0 Å². The van der Waals surface area contributed by atoms with Crippen molar-refractivity contribution in [2.24, 2.45) is 0 Å². The second-order valence-electron chi connectivity index (χ2n) is 7.23. The predicted octanol–water partition coefficient (Wildman–Crippen LogP) is 4.73. The maximum absolute atomic E-state index is 5.45. The van der Waals surface area contributed by atoms with E-state index in [-0.39, 0.29) is 6.04 Å². The van der Waals surface area contributed by atoms with Crippen LogP contribution in [0.5, 0.6) is 0 Å². The minimum absolute atomic E-state index is 0.242. The first-order valence-electron chi connectivity index (χ1n) is 9.79. The van der Waals surface area contributed by atoms with Crippen molar-refractivity contribution >= 4 is 28.4 Å². The normalized spacial score (nSPS) is 15.7. The van der Waals surface area contributed by atoms with Crippen LogP contribution in [0.15, 0.2) is 41.1 Å². The van der Waals surface area contributed by atoms with Gasteiger partial charge in [0.15, 0.2) is 0 Å². The summed E-state index contributed by atoms with van der Waals surface area (Å²) in [6, 6.07) is 11.4. The molecule has 1 aliphatic heterocycles. The van der Waals surface area contributed by atoms with Crippen molar-refractivity contribution in [2.75, 3.05) is 31.2 Å². The average molecular weight is 414 g/mol. The molecule has 4 nitrogen and oxygen atoms in total. The molecule has 1 fully saturated rings. The van der Waals surface area contributed by atoms with Gasteiger partial charge in [-0.2, -0.15) is 11.3 Å². The lowest BCUT2D eigenvalue weighted by molar-refractivity contribution is 0.122. The summed E-state index contributed by atoms with van der Waals surface area (Å²) in [6.07, 6.45) is 0.974. The zero-order valence-corrected chi connectivity index (χ0v) is 18.1. The fourth-order valence-corrected chi connectivity index (χ4v) is 5.11. The van der Waals surface area contributed by atoms with Crippen molar-refractivity contribution in [3.63, 3.8) is 0 Å². The minimum atomic E-state index is 0.242. The summed E-state index contributed by atoms with van der Waals surface area (Å²) in [4.78, 5) is 8.52. The molecular formula is C22H27N3OS2. The summed E-state index contributed by atoms with van der Waals surface area (Å²) >= 11 is 3.57. The van der Waals surface area contributed by atoms with E-state index in [2.05, 4.69) is 65.2 Å². The van der Waals surface area contributed by atoms with E-state index in [0.29, 0.717) is 0 Å². The minimum Gasteiger partial charge on any atom is -0.378 e. The van der Waals surface area contributed by atoms with Crippen molar-refractivity contribution in [1.29, 1.82) is 0 Å². The second-order valence-corrected chi connectivity index (χ2v) is 9.24. The smallest absolute Gasteiger partial charge is 0.110 e. The van der Waals surface area contributed by atoms with Crippen LogP contribution < -0.4 is 10.2 Å². The number of thiazole rings is 1. The topological polar surface area (TPSA) is 37.4 Å². The molecule has 6 heteroatoms. The van der Waals surface area contributed by atoms with Gasteiger partial charge in [-0.15, -0.1) is 11.3 Å². The number of rotatable bonds is 7. The Morgan fingerprint density at radius 2 is 1.89 bits per heavy atom. The van der Waals surface area contributed by atoms with E-state index in [1.54, 1.807) is 11.3 Å². The Kier molecular flexibility index (Phi) is 6.42. The Balaban J connectivity index is 1.43. The number of nitrogens with zero attached hydrogens (tertiary/aromatic N) is 2. The molecule has 1 aromatic carbocycles. The molecule has 148 valence electrons. The van der Waals surface area contributed by atoms with Crippen LogP contribution in [0.2, 0.25) is 0 Å². The molecule has 0 saturated carbocycles. The molecule has 3 heterocycles. The number of hydrogen-bond donors (Lipinski definition) is 1. The molecule has 3 aromatic rings. The zero-order valence-electron chi connectivity index (χ0n) is 16.5. The second kappa shape index (κ2) is 9.18. The number of nitrogens with one attached hydrogen (secondary N) is 1. The number of morpholine rings is 1. The molecule has 0 unspecified atom stereocenters. The number of benzene rings is 1. The number of anilines is 1. The van der Waals surface area contributed by atoms with Gasteiger partial charge in [0.2, 0.25) is 0 Å². The quantitative estimate of drug-likeness (QED) is 0.607. The van der Waals surface area contributed by atoms with Gasteiger partial charge in [0.05, 0.1) is 24.9 Å². The number of thiophene rings is 1. The molecule has 1 atom stereocenters. The van der Waals surface area contributed by atoms with E-state index in [4.69, 9.17) is 9.72 Å². The van der Waals surface area contributed by atoms with E-state index in [9.17, 15) is 0 Å². The highest BCUT2D eigenvalue weighted by Crippen LogP contribution is 2.27. The summed E-state index contributed by atoms with van der Waals surface area (Å²) in [5.41, 5.74) is 5.10. The summed E-state index contributed by atoms with van der Waals surface area (Å²) in [6.45, 7) is 8.69. The first kappa shape index (κ1) is 19.6. The van der Waals surface area contributed by atoms with Gasteiger partial charge >= 0.3 is 0 Å². The van der Waals surface area contributed by atoms with Crippen molar-refractivity contribution < 1.29 is 4.74 Å². The number of ether oxygens (including phenoxy) is 1. The largest absolute Gasteiger partial charge is 0.378 e. The first-order chi connectivity index (χ1) is 13.7. The standard InChI is InChI=1S/C22H27N3OS2/c1-16-17(2)28-22(24-16)21(13-19-7-12-27-15-19)23-14-18-3-5-20(6-4-18)25-8-10-26-11-9-25/h3-7,12,15,21,23H,8-11,13-14H2,1-2H3/t21-/m0/s1. The van der Waals surface area contributed by atoms with Gasteiger partial charge < -0.3 is 15.0 Å². The molecule has 0 spiro atoms. The van der Waals surface area contributed by atoms with E-state index in [1.165, 1.54) is 26.7 Å². The van der Waals surface area contributed by atoms with Gasteiger partial charge in [0.25, 0.3) is 0 Å². The molecule has 4 rings (SSSR count). The SMILES string of the molecule is Cc1nc([C@H](Cc2ccsc2)NCc2ccc(N3CCOCC3)cc2)sc1C. The summed E-state index contributed by atoms with van der Waals surface area (Å²) < 4.78 is 5.45. The molecule has 0 bridgehead atoms. The fraction of sp³-hybridized carbons (Fsp3) is 0.409. The highest BCUT2D eigenvalue weighted by Gasteiger charge is 2.18. The van der Waals surface area contributed by atoms with Crippen LogP contribution in [-0.4, -0.2) is 31.3 Å². The third kappa shape index (κ3) is 4.81. The molecule has 28 heavy (non-hydrogen) atoms. The van der Waals surface area contributed by atoms with Crippen LogP contribution in [0.25, 0.3) is 0 Å². The first-order valence-corrected chi connectivity index (χ1v) is 11.5. The van der Waals surface area contributed by atoms with Crippen LogP contribution in [-0.2, 0) is 17.7 Å². The molecule has 1 aliphatic rings. The fourth-order valence-electron chi connectivity index (χ4n) is 3.43. The van der Waals surface area contributed by atoms with E-state index in [1.807, 2.05) is 11.3 Å². The third-order valence-electron chi connectivity index (χ3n) is 5.23. The van der Waals surface area contributed by atoms with Gasteiger partial charge in [0, 0.05) is 30.2 Å². The van der Waals surface area contributed by atoms with Gasteiger partial charge in [-0.1, -0.05) is 12.1 Å². The molecule has 0 amide bonds. The number of aromatic nitrogens is 1. The Bertz CT molecular complexity index is 848. The molecule has 0 radical (unpaired) electrons. The predicted molar refractivity (Wildman–Crippen MR) is 119 cm³/mol. The Labute approximate surface area is 175 Å². The van der Waals surface area contributed by atoms with Crippen LogP contribution in [0, 0.1) is 13.8 Å². The maximum Gasteiger partial charge on any atom is 0.110 e.